The van der Waals surface area contributed by atoms with Crippen LogP contribution in [0.2, 0.25) is 0 Å². The minimum atomic E-state index is -0.102. The van der Waals surface area contributed by atoms with E-state index in [1.165, 1.54) is 17.5 Å². The number of hydrogen-bond donors (Lipinski definition) is 1. The maximum Gasteiger partial charge on any atom is 0.220 e. The molecule has 29 heavy (non-hydrogen) atoms. The molecular weight excluding hydrogens is 364 g/mol. The molecule has 6 heteroatoms. The lowest BCUT2D eigenvalue weighted by Gasteiger charge is -2.12. The Morgan fingerprint density at radius 3 is 2.83 bits per heavy atom. The number of carbonyl (C=O) groups is 1. The molecule has 1 saturated heterocycles. The standard InChI is InChI=1S/C23H24N4O2/c1-29-20-8-3-2-5-17(20)14-21-25-23(19-11-12-22(28)24-19)27(26-21)18-10-9-15-6-4-7-16(15)13-18/h2-3,5,8-10,13,19H,4,6-7,11-12,14H2,1H3,(H,24,28). The molecule has 1 N–H and O–H groups in total. The summed E-state index contributed by atoms with van der Waals surface area (Å²) in [6.45, 7) is 0. The molecular formula is C23H24N4O2. The second-order valence-electron chi connectivity index (χ2n) is 7.75. The van der Waals surface area contributed by atoms with E-state index in [-0.39, 0.29) is 11.9 Å². The van der Waals surface area contributed by atoms with Crippen LogP contribution < -0.4 is 10.1 Å². The predicted octanol–water partition coefficient (Wildman–Crippen LogP) is 3.31. The molecule has 5 rings (SSSR count). The van der Waals surface area contributed by atoms with Crippen LogP contribution in [0.1, 0.15) is 53.6 Å². The van der Waals surface area contributed by atoms with E-state index in [0.717, 1.165) is 47.9 Å². The fourth-order valence-electron chi connectivity index (χ4n) is 4.38. The van der Waals surface area contributed by atoms with E-state index < -0.39 is 0 Å². The van der Waals surface area contributed by atoms with Crippen LogP contribution in [0.5, 0.6) is 5.75 Å². The van der Waals surface area contributed by atoms with Crippen molar-refractivity contribution in [3.8, 4) is 11.4 Å². The Kier molecular flexibility index (Phi) is 4.54. The van der Waals surface area contributed by atoms with Gasteiger partial charge in [-0.1, -0.05) is 24.3 Å². The summed E-state index contributed by atoms with van der Waals surface area (Å²) in [5.74, 6) is 2.44. The third kappa shape index (κ3) is 3.39. The third-order valence-corrected chi connectivity index (χ3v) is 5.85. The van der Waals surface area contributed by atoms with Gasteiger partial charge in [0.1, 0.15) is 5.75 Å². The molecule has 1 aliphatic heterocycles. The van der Waals surface area contributed by atoms with Crippen LogP contribution in [0, 0.1) is 0 Å². The molecule has 1 aromatic heterocycles. The zero-order valence-corrected chi connectivity index (χ0v) is 16.5. The molecule has 3 aromatic rings. The van der Waals surface area contributed by atoms with Crippen LogP contribution in [0.15, 0.2) is 42.5 Å². The Morgan fingerprint density at radius 2 is 2.00 bits per heavy atom. The average molecular weight is 388 g/mol. The largest absolute Gasteiger partial charge is 0.496 e. The highest BCUT2D eigenvalue weighted by atomic mass is 16.5. The zero-order valence-electron chi connectivity index (χ0n) is 16.5. The number of rotatable bonds is 5. The Morgan fingerprint density at radius 1 is 1.14 bits per heavy atom. The van der Waals surface area contributed by atoms with Crippen LogP contribution in [0.4, 0.5) is 0 Å². The van der Waals surface area contributed by atoms with Crippen molar-refractivity contribution in [2.75, 3.05) is 7.11 Å². The van der Waals surface area contributed by atoms with E-state index in [9.17, 15) is 4.79 Å². The molecule has 1 fully saturated rings. The molecule has 0 radical (unpaired) electrons. The molecule has 2 heterocycles. The summed E-state index contributed by atoms with van der Waals surface area (Å²) in [5.41, 5.74) is 4.88. The summed E-state index contributed by atoms with van der Waals surface area (Å²) < 4.78 is 7.40. The van der Waals surface area contributed by atoms with Crippen LogP contribution in [0.3, 0.4) is 0 Å². The highest BCUT2D eigenvalue weighted by Gasteiger charge is 2.28. The van der Waals surface area contributed by atoms with Crippen molar-refractivity contribution in [2.45, 2.75) is 44.6 Å². The highest BCUT2D eigenvalue weighted by molar-refractivity contribution is 5.78. The van der Waals surface area contributed by atoms with Gasteiger partial charge in [0.25, 0.3) is 0 Å². The highest BCUT2D eigenvalue weighted by Crippen LogP contribution is 2.29. The molecule has 2 aromatic carbocycles. The Balaban J connectivity index is 1.55. The SMILES string of the molecule is COc1ccccc1Cc1nc(C2CCC(=O)N2)n(-c2ccc3c(c2)CCC3)n1. The van der Waals surface area contributed by atoms with Gasteiger partial charge in [-0.2, -0.15) is 5.10 Å². The van der Waals surface area contributed by atoms with Crippen LogP contribution in [-0.4, -0.2) is 27.8 Å². The minimum absolute atomic E-state index is 0.0739. The maximum absolute atomic E-state index is 11.8. The number of benzene rings is 2. The first-order valence-corrected chi connectivity index (χ1v) is 10.2. The van der Waals surface area contributed by atoms with Gasteiger partial charge in [-0.05, 0) is 55.0 Å². The second-order valence-corrected chi connectivity index (χ2v) is 7.75. The van der Waals surface area contributed by atoms with E-state index in [1.54, 1.807) is 7.11 Å². The number of ether oxygens (including phenoxy) is 1. The lowest BCUT2D eigenvalue weighted by atomic mass is 10.1. The van der Waals surface area contributed by atoms with Gasteiger partial charge in [0, 0.05) is 18.4 Å². The van der Waals surface area contributed by atoms with Gasteiger partial charge in [0.05, 0.1) is 18.8 Å². The minimum Gasteiger partial charge on any atom is -0.496 e. The van der Waals surface area contributed by atoms with Gasteiger partial charge in [-0.3, -0.25) is 4.79 Å². The van der Waals surface area contributed by atoms with Crippen molar-refractivity contribution in [3.05, 3.63) is 70.8 Å². The van der Waals surface area contributed by atoms with Crippen LogP contribution in [-0.2, 0) is 24.1 Å². The number of aryl methyl sites for hydroxylation is 2. The monoisotopic (exact) mass is 388 g/mol. The lowest BCUT2D eigenvalue weighted by molar-refractivity contribution is -0.119. The molecule has 1 amide bonds. The maximum atomic E-state index is 11.8. The van der Waals surface area contributed by atoms with Crippen molar-refractivity contribution < 1.29 is 9.53 Å². The summed E-state index contributed by atoms with van der Waals surface area (Å²) in [7, 11) is 1.68. The summed E-state index contributed by atoms with van der Waals surface area (Å²) in [6.07, 6.45) is 5.33. The number of para-hydroxylation sites is 1. The van der Waals surface area contributed by atoms with Gasteiger partial charge in [-0.25, -0.2) is 9.67 Å². The van der Waals surface area contributed by atoms with Gasteiger partial charge in [0.15, 0.2) is 11.6 Å². The van der Waals surface area contributed by atoms with Crippen molar-refractivity contribution in [2.24, 2.45) is 0 Å². The molecule has 2 aliphatic rings. The molecule has 1 atom stereocenters. The number of aromatic nitrogens is 3. The zero-order chi connectivity index (χ0) is 19.8. The van der Waals surface area contributed by atoms with Gasteiger partial charge in [-0.15, -0.1) is 0 Å². The normalized spacial score (nSPS) is 18.0. The predicted molar refractivity (Wildman–Crippen MR) is 109 cm³/mol. The molecule has 0 saturated carbocycles. The molecule has 1 unspecified atom stereocenters. The van der Waals surface area contributed by atoms with Crippen molar-refractivity contribution in [1.82, 2.24) is 20.1 Å². The molecule has 1 aliphatic carbocycles. The number of nitrogens with one attached hydrogen (secondary N) is 1. The number of fused-ring (bicyclic) bond motifs is 1. The number of amides is 1. The van der Waals surface area contributed by atoms with E-state index in [2.05, 4.69) is 23.5 Å². The fourth-order valence-corrected chi connectivity index (χ4v) is 4.38. The smallest absolute Gasteiger partial charge is 0.220 e. The number of methoxy groups -OCH3 is 1. The molecule has 0 bridgehead atoms. The Labute approximate surface area is 169 Å². The quantitative estimate of drug-likeness (QED) is 0.728. The number of carbonyl (C=O) groups excluding carboxylic acids is 1. The first-order chi connectivity index (χ1) is 14.2. The summed E-state index contributed by atoms with van der Waals surface area (Å²) >= 11 is 0. The Bertz CT molecular complexity index is 1070. The summed E-state index contributed by atoms with van der Waals surface area (Å²) in [6, 6.07) is 14.4. The summed E-state index contributed by atoms with van der Waals surface area (Å²) in [4.78, 5) is 16.7. The van der Waals surface area contributed by atoms with Crippen molar-refractivity contribution in [3.63, 3.8) is 0 Å². The first kappa shape index (κ1) is 17.9. The molecule has 6 nitrogen and oxygen atoms in total. The van der Waals surface area contributed by atoms with Gasteiger partial charge < -0.3 is 10.1 Å². The van der Waals surface area contributed by atoms with E-state index in [1.807, 2.05) is 28.9 Å². The molecule has 0 spiro atoms. The van der Waals surface area contributed by atoms with Gasteiger partial charge >= 0.3 is 0 Å². The fraction of sp³-hybridized carbons (Fsp3) is 0.348. The average Bonchev–Trinajstić information content (AvgIpc) is 3.47. The van der Waals surface area contributed by atoms with E-state index in [0.29, 0.717) is 12.8 Å². The lowest BCUT2D eigenvalue weighted by Crippen LogP contribution is -2.21. The van der Waals surface area contributed by atoms with Crippen LogP contribution >= 0.6 is 0 Å². The van der Waals surface area contributed by atoms with Crippen molar-refractivity contribution in [1.29, 1.82) is 0 Å². The summed E-state index contributed by atoms with van der Waals surface area (Å²) in [5, 5.41) is 7.89. The topological polar surface area (TPSA) is 69.0 Å². The number of hydrogen-bond acceptors (Lipinski definition) is 4. The third-order valence-electron chi connectivity index (χ3n) is 5.85. The number of nitrogens with zero attached hydrogens (tertiary/aromatic N) is 3. The van der Waals surface area contributed by atoms with E-state index in [4.69, 9.17) is 14.8 Å². The van der Waals surface area contributed by atoms with Crippen molar-refractivity contribution >= 4 is 5.91 Å². The first-order valence-electron chi connectivity index (χ1n) is 10.2. The Hall–Kier alpha value is -3.15. The van der Waals surface area contributed by atoms with E-state index >= 15 is 0 Å². The van der Waals surface area contributed by atoms with Gasteiger partial charge in [0.2, 0.25) is 5.91 Å². The second kappa shape index (κ2) is 7.35. The molecule has 148 valence electrons. The van der Waals surface area contributed by atoms with Crippen LogP contribution in [0.25, 0.3) is 5.69 Å².